The molecule has 3 heteroatoms. The van der Waals surface area contributed by atoms with Gasteiger partial charge in [0.1, 0.15) is 0 Å². The number of fused-ring (bicyclic) bond motifs is 2. The first kappa shape index (κ1) is 11.6. The van der Waals surface area contributed by atoms with E-state index in [0.29, 0.717) is 6.54 Å². The van der Waals surface area contributed by atoms with E-state index in [1.165, 1.54) is 12.8 Å². The third kappa shape index (κ3) is 2.85. The van der Waals surface area contributed by atoms with E-state index in [-0.39, 0.29) is 11.9 Å². The molecule has 2 N–H and O–H groups in total. The van der Waals surface area contributed by atoms with E-state index in [2.05, 4.69) is 22.8 Å². The van der Waals surface area contributed by atoms with Gasteiger partial charge in [0.15, 0.2) is 0 Å². The summed E-state index contributed by atoms with van der Waals surface area (Å²) >= 11 is 0. The molecule has 1 saturated carbocycles. The van der Waals surface area contributed by atoms with E-state index in [0.717, 1.165) is 24.3 Å². The van der Waals surface area contributed by atoms with Crippen LogP contribution in [0.4, 0.5) is 0 Å². The van der Waals surface area contributed by atoms with Crippen LogP contribution in [0.3, 0.4) is 0 Å². The molecule has 2 rings (SSSR count). The smallest absolute Gasteiger partial charge is 0.234 e. The molecular formula is C13H22N2O. The molecule has 0 saturated heterocycles. The quantitative estimate of drug-likeness (QED) is 0.689. The van der Waals surface area contributed by atoms with E-state index in [4.69, 9.17) is 0 Å². The van der Waals surface area contributed by atoms with Crippen LogP contribution in [0.25, 0.3) is 0 Å². The molecule has 16 heavy (non-hydrogen) atoms. The summed E-state index contributed by atoms with van der Waals surface area (Å²) in [5.41, 5.74) is 0. The van der Waals surface area contributed by atoms with Gasteiger partial charge >= 0.3 is 0 Å². The minimum absolute atomic E-state index is 0.105. The zero-order chi connectivity index (χ0) is 11.5. The molecule has 3 unspecified atom stereocenters. The van der Waals surface area contributed by atoms with Gasteiger partial charge < -0.3 is 10.6 Å². The first-order chi connectivity index (χ1) is 7.65. The average Bonchev–Trinajstić information content (AvgIpc) is 2.77. The van der Waals surface area contributed by atoms with Crippen LogP contribution in [0, 0.1) is 17.8 Å². The molecule has 0 aliphatic heterocycles. The Morgan fingerprint density at radius 3 is 2.75 bits per heavy atom. The number of nitrogens with one attached hydrogen (secondary N) is 2. The molecule has 1 fully saturated rings. The topological polar surface area (TPSA) is 41.1 Å². The molecule has 1 amide bonds. The van der Waals surface area contributed by atoms with E-state index >= 15 is 0 Å². The summed E-state index contributed by atoms with van der Waals surface area (Å²) in [5, 5.41) is 6.16. The first-order valence-electron chi connectivity index (χ1n) is 6.33. The monoisotopic (exact) mass is 222 g/mol. The van der Waals surface area contributed by atoms with Crippen LogP contribution in [-0.2, 0) is 4.79 Å². The fraction of sp³-hybridized carbons (Fsp3) is 0.769. The molecule has 3 atom stereocenters. The van der Waals surface area contributed by atoms with Gasteiger partial charge in [0.2, 0.25) is 5.91 Å². The highest BCUT2D eigenvalue weighted by molar-refractivity contribution is 5.78. The van der Waals surface area contributed by atoms with Crippen molar-refractivity contribution in [2.45, 2.75) is 32.7 Å². The second-order valence-corrected chi connectivity index (χ2v) is 5.39. The maximum atomic E-state index is 11.4. The summed E-state index contributed by atoms with van der Waals surface area (Å²) < 4.78 is 0. The second-order valence-electron chi connectivity index (χ2n) is 5.39. The fourth-order valence-corrected chi connectivity index (χ4v) is 2.87. The van der Waals surface area contributed by atoms with Crippen molar-refractivity contribution in [2.75, 3.05) is 13.1 Å². The standard InChI is InChI=1S/C13H22N2O/c1-9(2)15-13(16)8-14-7-12-6-10-3-4-11(12)5-10/h3-4,9-12,14H,5-8H2,1-2H3,(H,15,16). The first-order valence-corrected chi connectivity index (χ1v) is 6.33. The molecule has 2 aliphatic rings. The molecule has 0 aromatic carbocycles. The van der Waals surface area contributed by atoms with E-state index < -0.39 is 0 Å². The van der Waals surface area contributed by atoms with Gasteiger partial charge in [-0.15, -0.1) is 0 Å². The number of allylic oxidation sites excluding steroid dienone is 2. The average molecular weight is 222 g/mol. The van der Waals surface area contributed by atoms with Gasteiger partial charge in [0.05, 0.1) is 6.54 Å². The van der Waals surface area contributed by atoms with Crippen LogP contribution in [0.5, 0.6) is 0 Å². The molecule has 0 spiro atoms. The van der Waals surface area contributed by atoms with Gasteiger partial charge in [-0.3, -0.25) is 4.79 Å². The van der Waals surface area contributed by atoms with Crippen molar-refractivity contribution in [2.24, 2.45) is 17.8 Å². The molecule has 2 aliphatic carbocycles. The van der Waals surface area contributed by atoms with Gasteiger partial charge in [-0.25, -0.2) is 0 Å². The van der Waals surface area contributed by atoms with Crippen molar-refractivity contribution in [3.05, 3.63) is 12.2 Å². The van der Waals surface area contributed by atoms with Crippen LogP contribution in [0.2, 0.25) is 0 Å². The minimum atomic E-state index is 0.105. The van der Waals surface area contributed by atoms with Crippen molar-refractivity contribution in [1.29, 1.82) is 0 Å². The Balaban J connectivity index is 1.62. The third-order valence-electron chi connectivity index (χ3n) is 3.56. The lowest BCUT2D eigenvalue weighted by Crippen LogP contribution is -2.39. The maximum Gasteiger partial charge on any atom is 0.234 e. The molecule has 3 nitrogen and oxygen atoms in total. The molecule has 2 bridgehead atoms. The molecule has 0 radical (unpaired) electrons. The number of hydrogen-bond donors (Lipinski definition) is 2. The highest BCUT2D eigenvalue weighted by Crippen LogP contribution is 2.42. The van der Waals surface area contributed by atoms with Crippen molar-refractivity contribution in [3.8, 4) is 0 Å². The largest absolute Gasteiger partial charge is 0.353 e. The number of rotatable bonds is 5. The van der Waals surface area contributed by atoms with Crippen LogP contribution >= 0.6 is 0 Å². The van der Waals surface area contributed by atoms with Gasteiger partial charge in [0, 0.05) is 6.04 Å². The predicted molar refractivity (Wildman–Crippen MR) is 65.0 cm³/mol. The van der Waals surface area contributed by atoms with Crippen LogP contribution in [0.15, 0.2) is 12.2 Å². The normalized spacial score (nSPS) is 31.3. The Hall–Kier alpha value is -0.830. The fourth-order valence-electron chi connectivity index (χ4n) is 2.87. The number of carbonyl (C=O) groups excluding carboxylic acids is 1. The van der Waals surface area contributed by atoms with Crippen molar-refractivity contribution < 1.29 is 4.79 Å². The zero-order valence-corrected chi connectivity index (χ0v) is 10.2. The Morgan fingerprint density at radius 1 is 1.38 bits per heavy atom. The number of amides is 1. The summed E-state index contributed by atoms with van der Waals surface area (Å²) in [7, 11) is 0. The second kappa shape index (κ2) is 5.00. The maximum absolute atomic E-state index is 11.4. The van der Waals surface area contributed by atoms with E-state index in [1.807, 2.05) is 13.8 Å². The molecule has 0 aromatic heterocycles. The van der Waals surface area contributed by atoms with Gasteiger partial charge in [0.25, 0.3) is 0 Å². The summed E-state index contributed by atoms with van der Waals surface area (Å²) in [5.74, 6) is 2.45. The van der Waals surface area contributed by atoms with E-state index in [9.17, 15) is 4.79 Å². The van der Waals surface area contributed by atoms with Crippen LogP contribution in [0.1, 0.15) is 26.7 Å². The summed E-state index contributed by atoms with van der Waals surface area (Å²) in [6, 6.07) is 0.236. The Kier molecular flexibility index (Phi) is 3.64. The zero-order valence-electron chi connectivity index (χ0n) is 10.2. The molecule has 90 valence electrons. The minimum Gasteiger partial charge on any atom is -0.353 e. The summed E-state index contributed by atoms with van der Waals surface area (Å²) in [6.45, 7) is 5.41. The van der Waals surface area contributed by atoms with Gasteiger partial charge in [-0.05, 0) is 51.0 Å². The summed E-state index contributed by atoms with van der Waals surface area (Å²) in [4.78, 5) is 11.4. The number of hydrogen-bond acceptors (Lipinski definition) is 2. The SMILES string of the molecule is CC(C)NC(=O)CNCC1CC2C=CC1C2. The Labute approximate surface area is 97.7 Å². The lowest BCUT2D eigenvalue weighted by molar-refractivity contribution is -0.120. The number of carbonyl (C=O) groups is 1. The van der Waals surface area contributed by atoms with Crippen LogP contribution < -0.4 is 10.6 Å². The molecule has 0 heterocycles. The molecule has 0 aromatic rings. The van der Waals surface area contributed by atoms with Crippen LogP contribution in [-0.4, -0.2) is 25.0 Å². The third-order valence-corrected chi connectivity index (χ3v) is 3.56. The Morgan fingerprint density at radius 2 is 2.19 bits per heavy atom. The van der Waals surface area contributed by atoms with Crippen molar-refractivity contribution >= 4 is 5.91 Å². The van der Waals surface area contributed by atoms with Crippen molar-refractivity contribution in [1.82, 2.24) is 10.6 Å². The van der Waals surface area contributed by atoms with Gasteiger partial charge in [-0.2, -0.15) is 0 Å². The highest BCUT2D eigenvalue weighted by atomic mass is 16.1. The molecular weight excluding hydrogens is 200 g/mol. The van der Waals surface area contributed by atoms with Gasteiger partial charge in [-0.1, -0.05) is 12.2 Å². The predicted octanol–water partition coefficient (Wildman–Crippen LogP) is 1.31. The Bertz CT molecular complexity index is 286. The lowest BCUT2D eigenvalue weighted by Gasteiger charge is -2.18. The van der Waals surface area contributed by atoms with E-state index in [1.54, 1.807) is 0 Å². The summed E-state index contributed by atoms with van der Waals surface area (Å²) in [6.07, 6.45) is 7.35. The highest BCUT2D eigenvalue weighted by Gasteiger charge is 2.34. The van der Waals surface area contributed by atoms with Crippen molar-refractivity contribution in [3.63, 3.8) is 0 Å². The lowest BCUT2D eigenvalue weighted by atomic mass is 9.94.